The molecule has 1 aromatic rings. The lowest BCUT2D eigenvalue weighted by Gasteiger charge is -2.07. The summed E-state index contributed by atoms with van der Waals surface area (Å²) in [5.41, 5.74) is -4.73. The zero-order valence-corrected chi connectivity index (χ0v) is 11.5. The lowest BCUT2D eigenvalue weighted by molar-refractivity contribution is -0.424. The fourth-order valence-corrected chi connectivity index (χ4v) is 3.62. The van der Waals surface area contributed by atoms with Crippen LogP contribution in [0, 0.1) is 31.6 Å². The van der Waals surface area contributed by atoms with Crippen LogP contribution in [0.5, 0.6) is 0 Å². The smallest absolute Gasteiger partial charge is 0.282 e. The summed E-state index contributed by atoms with van der Waals surface area (Å²) in [6.07, 6.45) is 0. The van der Waals surface area contributed by atoms with Crippen molar-refractivity contribution in [3.05, 3.63) is 31.9 Å². The lowest BCUT2D eigenvalue weighted by Crippen LogP contribution is -2.15. The number of nitriles is 1. The van der Waals surface area contributed by atoms with E-state index in [0.717, 1.165) is 6.07 Å². The van der Waals surface area contributed by atoms with Gasteiger partial charge in [-0.1, -0.05) is 0 Å². The summed E-state index contributed by atoms with van der Waals surface area (Å²) in [6.45, 7) is 0. The van der Waals surface area contributed by atoms with Crippen molar-refractivity contribution in [1.29, 1.82) is 5.26 Å². The minimum absolute atomic E-state index is 0.0932. The number of rotatable bonds is 4. The SMILES string of the molecule is N#Cc1cc([N+](=O)[O-])c([N+](=O)[O-])c(S(=O)(=O)O)c1S(=O)(=O)O. The van der Waals surface area contributed by atoms with Crippen molar-refractivity contribution in [3.8, 4) is 6.07 Å². The molecule has 118 valence electrons. The van der Waals surface area contributed by atoms with Crippen LogP contribution in [0.2, 0.25) is 0 Å². The molecule has 0 aliphatic rings. The summed E-state index contributed by atoms with van der Waals surface area (Å²) in [6, 6.07) is 1.13. The number of nitro groups is 2. The Morgan fingerprint density at radius 3 is 1.73 bits per heavy atom. The van der Waals surface area contributed by atoms with Crippen molar-refractivity contribution in [1.82, 2.24) is 0 Å². The highest BCUT2D eigenvalue weighted by atomic mass is 32.2. The van der Waals surface area contributed by atoms with Gasteiger partial charge in [-0.2, -0.15) is 22.1 Å². The summed E-state index contributed by atoms with van der Waals surface area (Å²) in [4.78, 5) is 14.6. The maximum absolute atomic E-state index is 11.2. The molecule has 0 amide bonds. The predicted octanol–water partition coefficient (Wildman–Crippen LogP) is -0.132. The van der Waals surface area contributed by atoms with Gasteiger partial charge in [0.25, 0.3) is 10.1 Å². The van der Waals surface area contributed by atoms with Crippen molar-refractivity contribution in [2.24, 2.45) is 0 Å². The Labute approximate surface area is 121 Å². The highest BCUT2D eigenvalue weighted by molar-refractivity contribution is 7.89. The summed E-state index contributed by atoms with van der Waals surface area (Å²) in [5.74, 6) is 0. The van der Waals surface area contributed by atoms with Gasteiger partial charge in [-0.3, -0.25) is 29.3 Å². The molecule has 0 saturated carbocycles. The number of nitro benzene ring substituents is 2. The van der Waals surface area contributed by atoms with Crippen LogP contribution >= 0.6 is 0 Å². The maximum Gasteiger partial charge on any atom is 0.368 e. The molecule has 0 fully saturated rings. The van der Waals surface area contributed by atoms with E-state index in [1.165, 1.54) is 0 Å². The molecular formula is C7H3N3O10S2. The first-order valence-corrected chi connectivity index (χ1v) is 7.55. The second-order valence-electron chi connectivity index (χ2n) is 3.53. The van der Waals surface area contributed by atoms with Crippen LogP contribution in [0.25, 0.3) is 0 Å². The van der Waals surface area contributed by atoms with Gasteiger partial charge in [0.1, 0.15) is 11.0 Å². The molecular weight excluding hydrogens is 350 g/mol. The molecule has 0 atom stereocenters. The monoisotopic (exact) mass is 353 g/mol. The molecule has 0 aliphatic heterocycles. The zero-order valence-electron chi connectivity index (χ0n) is 9.90. The summed E-state index contributed by atoms with van der Waals surface area (Å²) >= 11 is 0. The van der Waals surface area contributed by atoms with Gasteiger partial charge in [-0.05, 0) is 0 Å². The second-order valence-corrected chi connectivity index (χ2v) is 6.24. The van der Waals surface area contributed by atoms with Crippen LogP contribution in [0.1, 0.15) is 5.56 Å². The van der Waals surface area contributed by atoms with E-state index < -0.39 is 56.8 Å². The molecule has 0 spiro atoms. The molecule has 22 heavy (non-hydrogen) atoms. The highest BCUT2D eigenvalue weighted by Crippen LogP contribution is 2.40. The number of nitrogens with zero attached hydrogens (tertiary/aromatic N) is 3. The zero-order chi connectivity index (χ0) is 17.5. The molecule has 13 nitrogen and oxygen atoms in total. The third-order valence-electron chi connectivity index (χ3n) is 2.21. The third-order valence-corrected chi connectivity index (χ3v) is 4.19. The van der Waals surface area contributed by atoms with E-state index in [4.69, 9.17) is 14.4 Å². The quantitative estimate of drug-likeness (QED) is 0.412. The van der Waals surface area contributed by atoms with Gasteiger partial charge < -0.3 is 0 Å². The fourth-order valence-electron chi connectivity index (χ4n) is 1.51. The summed E-state index contributed by atoms with van der Waals surface area (Å²) < 4.78 is 62.7. The van der Waals surface area contributed by atoms with Crippen LogP contribution in [-0.4, -0.2) is 35.8 Å². The van der Waals surface area contributed by atoms with E-state index in [2.05, 4.69) is 0 Å². The molecule has 0 heterocycles. The Morgan fingerprint density at radius 2 is 1.45 bits per heavy atom. The molecule has 15 heteroatoms. The Balaban J connectivity index is 4.40. The third kappa shape index (κ3) is 2.99. The first-order chi connectivity index (χ1) is 9.82. The van der Waals surface area contributed by atoms with E-state index in [-0.39, 0.29) is 6.07 Å². The van der Waals surface area contributed by atoms with Gasteiger partial charge in [0.2, 0.25) is 4.90 Å². The van der Waals surface area contributed by atoms with Crippen molar-refractivity contribution in [2.75, 3.05) is 0 Å². The first-order valence-electron chi connectivity index (χ1n) is 4.67. The molecule has 0 saturated heterocycles. The largest absolute Gasteiger partial charge is 0.368 e. The van der Waals surface area contributed by atoms with Gasteiger partial charge in [0.05, 0.1) is 15.4 Å². The molecule has 0 aliphatic carbocycles. The summed E-state index contributed by atoms with van der Waals surface area (Å²) in [5, 5.41) is 30.3. The van der Waals surface area contributed by atoms with Crippen LogP contribution in [-0.2, 0) is 20.2 Å². The highest BCUT2D eigenvalue weighted by Gasteiger charge is 2.43. The Kier molecular flexibility index (Phi) is 4.16. The van der Waals surface area contributed by atoms with E-state index >= 15 is 0 Å². The molecule has 1 aromatic carbocycles. The topological polar surface area (TPSA) is 219 Å². The van der Waals surface area contributed by atoms with Gasteiger partial charge in [0.15, 0.2) is 0 Å². The van der Waals surface area contributed by atoms with Gasteiger partial charge >= 0.3 is 21.5 Å². The fraction of sp³-hybridized carbons (Fsp3) is 0. The minimum Gasteiger partial charge on any atom is -0.282 e. The average Bonchev–Trinajstić information content (AvgIpc) is 2.33. The lowest BCUT2D eigenvalue weighted by atomic mass is 10.2. The minimum atomic E-state index is -5.72. The normalized spacial score (nSPS) is 11.7. The Bertz CT molecular complexity index is 940. The van der Waals surface area contributed by atoms with Crippen LogP contribution in [0.4, 0.5) is 11.4 Å². The molecule has 0 unspecified atom stereocenters. The van der Waals surface area contributed by atoms with Crippen molar-refractivity contribution < 1.29 is 35.8 Å². The van der Waals surface area contributed by atoms with Crippen LogP contribution < -0.4 is 0 Å². The van der Waals surface area contributed by atoms with E-state index in [9.17, 15) is 37.1 Å². The Morgan fingerprint density at radius 1 is 1.00 bits per heavy atom. The van der Waals surface area contributed by atoms with Crippen molar-refractivity contribution in [3.63, 3.8) is 0 Å². The van der Waals surface area contributed by atoms with Crippen LogP contribution in [0.15, 0.2) is 15.9 Å². The van der Waals surface area contributed by atoms with E-state index in [0.29, 0.717) is 0 Å². The number of hydrogen-bond donors (Lipinski definition) is 2. The molecule has 0 bridgehead atoms. The van der Waals surface area contributed by atoms with Crippen LogP contribution in [0.3, 0.4) is 0 Å². The standard InChI is InChI=1S/C7H3N3O10S2/c8-2-3-1-4(9(11)12)5(10(13)14)7(22(18,19)20)6(3)21(15,16)17/h1H,(H,15,16,17)(H,18,19,20). The van der Waals surface area contributed by atoms with Gasteiger partial charge in [0, 0.05) is 6.07 Å². The molecule has 1 rings (SSSR count). The summed E-state index contributed by atoms with van der Waals surface area (Å²) in [7, 11) is -11.3. The van der Waals surface area contributed by atoms with Gasteiger partial charge in [-0.25, -0.2) is 0 Å². The molecule has 2 N–H and O–H groups in total. The number of hydrogen-bond acceptors (Lipinski definition) is 9. The maximum atomic E-state index is 11.2. The second kappa shape index (κ2) is 5.27. The number of benzene rings is 1. The molecule has 0 aromatic heterocycles. The molecule has 0 radical (unpaired) electrons. The first kappa shape index (κ1) is 17.4. The van der Waals surface area contributed by atoms with Crippen molar-refractivity contribution >= 4 is 31.6 Å². The Hall–Kier alpha value is -2.67. The van der Waals surface area contributed by atoms with Gasteiger partial charge in [-0.15, -0.1) is 0 Å². The van der Waals surface area contributed by atoms with E-state index in [1.807, 2.05) is 0 Å². The predicted molar refractivity (Wildman–Crippen MR) is 64.1 cm³/mol. The van der Waals surface area contributed by atoms with E-state index in [1.54, 1.807) is 0 Å². The van der Waals surface area contributed by atoms with Crippen molar-refractivity contribution in [2.45, 2.75) is 9.79 Å². The average molecular weight is 353 g/mol.